The number of benzene rings is 1. The molecule has 1 N–H and O–H groups in total. The second-order valence-corrected chi connectivity index (χ2v) is 8.71. The Balaban J connectivity index is 1.72. The largest absolute Gasteiger partial charge is 0.463 e. The van der Waals surface area contributed by atoms with Crippen LogP contribution in [0, 0.1) is 0 Å². The fraction of sp³-hybridized carbons (Fsp3) is 0.320. The zero-order valence-corrected chi connectivity index (χ0v) is 18.9. The molecule has 0 spiro atoms. The lowest BCUT2D eigenvalue weighted by atomic mass is 9.78. The van der Waals surface area contributed by atoms with Crippen LogP contribution in [0.3, 0.4) is 0 Å². The summed E-state index contributed by atoms with van der Waals surface area (Å²) >= 11 is 1.49. The van der Waals surface area contributed by atoms with Gasteiger partial charge in [-0.2, -0.15) is 0 Å². The van der Waals surface area contributed by atoms with E-state index in [0.29, 0.717) is 28.8 Å². The maximum Gasteiger partial charge on any atom is 0.352 e. The molecule has 1 aliphatic heterocycles. The van der Waals surface area contributed by atoms with E-state index in [-0.39, 0.29) is 12.4 Å². The van der Waals surface area contributed by atoms with E-state index in [1.165, 1.54) is 11.3 Å². The first kappa shape index (κ1) is 22.0. The highest BCUT2D eigenvalue weighted by atomic mass is 32.1. The van der Waals surface area contributed by atoms with Crippen LogP contribution in [0.15, 0.2) is 70.4 Å². The summed E-state index contributed by atoms with van der Waals surface area (Å²) in [7, 11) is 0. The van der Waals surface area contributed by atoms with E-state index in [1.54, 1.807) is 31.2 Å². The van der Waals surface area contributed by atoms with Crippen LogP contribution in [0.25, 0.3) is 0 Å². The Morgan fingerprint density at radius 1 is 1.16 bits per heavy atom. The second kappa shape index (κ2) is 9.53. The van der Waals surface area contributed by atoms with Crippen LogP contribution in [0.4, 0.5) is 0 Å². The third-order valence-electron chi connectivity index (χ3n) is 5.65. The number of hydrogen-bond donors (Lipinski definition) is 1. The number of dihydropyridines is 1. The van der Waals surface area contributed by atoms with Crippen molar-refractivity contribution in [3.05, 3.63) is 80.8 Å². The lowest BCUT2D eigenvalue weighted by molar-refractivity contribution is -0.166. The van der Waals surface area contributed by atoms with E-state index in [0.717, 1.165) is 23.4 Å². The number of rotatable bonds is 6. The summed E-state index contributed by atoms with van der Waals surface area (Å²) in [5.41, 5.74) is 3.02. The van der Waals surface area contributed by atoms with Gasteiger partial charge in [0.2, 0.25) is 6.10 Å². The van der Waals surface area contributed by atoms with Gasteiger partial charge in [-0.15, -0.1) is 11.3 Å². The minimum absolute atomic E-state index is 0.0416. The van der Waals surface area contributed by atoms with Crippen LogP contribution in [-0.4, -0.2) is 24.3 Å². The molecular weight excluding hydrogens is 426 g/mol. The number of nitrogens with one attached hydrogen (secondary N) is 1. The summed E-state index contributed by atoms with van der Waals surface area (Å²) in [5.74, 6) is -1.74. The fourth-order valence-electron chi connectivity index (χ4n) is 4.26. The first-order valence-corrected chi connectivity index (χ1v) is 11.6. The minimum Gasteiger partial charge on any atom is -0.463 e. The van der Waals surface area contributed by atoms with Gasteiger partial charge in [0, 0.05) is 33.8 Å². The number of hydrogen-bond acceptors (Lipinski definition) is 7. The number of esters is 2. The van der Waals surface area contributed by atoms with Crippen molar-refractivity contribution in [3.8, 4) is 0 Å². The number of carbonyl (C=O) groups excluding carboxylic acids is 3. The van der Waals surface area contributed by atoms with Gasteiger partial charge in [0.05, 0.1) is 18.1 Å². The van der Waals surface area contributed by atoms with Crippen LogP contribution in [0.5, 0.6) is 0 Å². The Bertz CT molecular complexity index is 1080. The Labute approximate surface area is 190 Å². The van der Waals surface area contributed by atoms with Crippen molar-refractivity contribution in [1.29, 1.82) is 0 Å². The Kier molecular flexibility index (Phi) is 6.55. The van der Waals surface area contributed by atoms with Crippen molar-refractivity contribution in [2.75, 3.05) is 6.61 Å². The third-order valence-corrected chi connectivity index (χ3v) is 6.59. The lowest BCUT2D eigenvalue weighted by Crippen LogP contribution is -2.35. The highest BCUT2D eigenvalue weighted by Gasteiger charge is 2.41. The lowest BCUT2D eigenvalue weighted by Gasteiger charge is -2.33. The molecule has 1 aliphatic carbocycles. The van der Waals surface area contributed by atoms with Gasteiger partial charge < -0.3 is 14.8 Å². The molecule has 0 unspecified atom stereocenters. The van der Waals surface area contributed by atoms with E-state index < -0.39 is 24.0 Å². The van der Waals surface area contributed by atoms with Crippen LogP contribution in [0.1, 0.15) is 55.6 Å². The van der Waals surface area contributed by atoms with Crippen molar-refractivity contribution < 1.29 is 23.9 Å². The van der Waals surface area contributed by atoms with Crippen molar-refractivity contribution in [2.45, 2.75) is 45.1 Å². The average molecular weight is 452 g/mol. The number of ketones is 1. The second-order valence-electron chi connectivity index (χ2n) is 7.73. The molecule has 2 aromatic rings. The molecule has 2 atom stereocenters. The molecular formula is C25H25NO5S. The predicted molar refractivity (Wildman–Crippen MR) is 121 cm³/mol. The van der Waals surface area contributed by atoms with Gasteiger partial charge >= 0.3 is 11.9 Å². The summed E-state index contributed by atoms with van der Waals surface area (Å²) in [6, 6.07) is 12.6. The first-order valence-electron chi connectivity index (χ1n) is 10.7. The highest BCUT2D eigenvalue weighted by Crippen LogP contribution is 2.44. The van der Waals surface area contributed by atoms with E-state index in [9.17, 15) is 14.4 Å². The van der Waals surface area contributed by atoms with Gasteiger partial charge in [0.1, 0.15) is 0 Å². The summed E-state index contributed by atoms with van der Waals surface area (Å²) in [6.45, 7) is 3.68. The molecule has 0 bridgehead atoms. The molecule has 2 heterocycles. The molecule has 1 aromatic heterocycles. The Morgan fingerprint density at radius 3 is 2.62 bits per heavy atom. The monoisotopic (exact) mass is 451 g/mol. The summed E-state index contributed by atoms with van der Waals surface area (Å²) in [6.07, 6.45) is 0.816. The van der Waals surface area contributed by atoms with Gasteiger partial charge in [-0.1, -0.05) is 36.4 Å². The zero-order chi connectivity index (χ0) is 22.7. The molecule has 0 radical (unpaired) electrons. The fourth-order valence-corrected chi connectivity index (χ4v) is 5.11. The number of allylic oxidation sites excluding steroid dienone is 3. The quantitative estimate of drug-likeness (QED) is 0.649. The van der Waals surface area contributed by atoms with Gasteiger partial charge in [0.15, 0.2) is 5.78 Å². The highest BCUT2D eigenvalue weighted by molar-refractivity contribution is 7.10. The molecule has 1 aromatic carbocycles. The van der Waals surface area contributed by atoms with Crippen molar-refractivity contribution in [1.82, 2.24) is 5.32 Å². The van der Waals surface area contributed by atoms with Crippen LogP contribution in [-0.2, 0) is 23.9 Å². The predicted octanol–water partition coefficient (Wildman–Crippen LogP) is 4.56. The van der Waals surface area contributed by atoms with E-state index in [1.807, 2.05) is 30.5 Å². The zero-order valence-electron chi connectivity index (χ0n) is 18.1. The number of thiophene rings is 1. The smallest absolute Gasteiger partial charge is 0.352 e. The molecule has 4 rings (SSSR count). The minimum atomic E-state index is -1.19. The van der Waals surface area contributed by atoms with Crippen LogP contribution < -0.4 is 5.32 Å². The van der Waals surface area contributed by atoms with Gasteiger partial charge in [-0.25, -0.2) is 9.59 Å². The molecule has 0 saturated heterocycles. The maximum absolute atomic E-state index is 13.5. The van der Waals surface area contributed by atoms with Gasteiger partial charge in [-0.3, -0.25) is 4.79 Å². The van der Waals surface area contributed by atoms with Crippen molar-refractivity contribution in [2.24, 2.45) is 0 Å². The molecule has 32 heavy (non-hydrogen) atoms. The summed E-state index contributed by atoms with van der Waals surface area (Å²) in [5, 5.41) is 5.19. The average Bonchev–Trinajstić information content (AvgIpc) is 3.32. The summed E-state index contributed by atoms with van der Waals surface area (Å²) in [4.78, 5) is 40.0. The SMILES string of the molecule is CCOC(=O)[C@@H](OC(=O)C1=C(C)NC2=C(C(=O)CCC2)[C@H]1c1cccs1)c1ccccc1. The van der Waals surface area contributed by atoms with Crippen molar-refractivity contribution >= 4 is 29.1 Å². The first-order chi connectivity index (χ1) is 15.5. The standard InChI is InChI=1S/C25H25NO5S/c1-3-30-25(29)23(16-9-5-4-6-10-16)31-24(28)20-15(2)26-17-11-7-12-18(27)21(17)22(20)19-13-8-14-32-19/h4-6,8-10,13-14,22-23,26H,3,7,11-12H2,1-2H3/t22-,23-/m0/s1. The molecule has 0 fully saturated rings. The van der Waals surface area contributed by atoms with E-state index in [4.69, 9.17) is 9.47 Å². The number of Topliss-reactive ketones (excluding diaryl/α,β-unsaturated/α-hetero) is 1. The van der Waals surface area contributed by atoms with Crippen LogP contribution >= 0.6 is 11.3 Å². The molecule has 166 valence electrons. The topological polar surface area (TPSA) is 81.7 Å². The Hall–Kier alpha value is -3.19. The third kappa shape index (κ3) is 4.25. The normalized spacial score (nSPS) is 19.2. The number of ether oxygens (including phenoxy) is 2. The van der Waals surface area contributed by atoms with E-state index in [2.05, 4.69) is 5.32 Å². The van der Waals surface area contributed by atoms with Crippen molar-refractivity contribution in [3.63, 3.8) is 0 Å². The molecule has 0 saturated carbocycles. The number of carbonyl (C=O) groups is 3. The van der Waals surface area contributed by atoms with Gasteiger partial charge in [-0.05, 0) is 38.1 Å². The molecule has 2 aliphatic rings. The van der Waals surface area contributed by atoms with Gasteiger partial charge in [0.25, 0.3) is 0 Å². The van der Waals surface area contributed by atoms with Crippen LogP contribution in [0.2, 0.25) is 0 Å². The molecule has 7 heteroatoms. The van der Waals surface area contributed by atoms with E-state index >= 15 is 0 Å². The molecule has 0 amide bonds. The molecule has 6 nitrogen and oxygen atoms in total. The maximum atomic E-state index is 13.5. The summed E-state index contributed by atoms with van der Waals surface area (Å²) < 4.78 is 10.9. The Morgan fingerprint density at radius 2 is 1.94 bits per heavy atom.